The Morgan fingerprint density at radius 3 is 2.69 bits per heavy atom. The van der Waals surface area contributed by atoms with Crippen LogP contribution in [0.15, 0.2) is 18.2 Å². The molecular weight excluding hydrogens is 230 g/mol. The zero-order chi connectivity index (χ0) is 12.3. The van der Waals surface area contributed by atoms with Crippen molar-refractivity contribution in [1.29, 1.82) is 0 Å². The number of hydrogen-bond donors (Lipinski definition) is 2. The first-order valence-corrected chi connectivity index (χ1v) is 5.15. The van der Waals surface area contributed by atoms with E-state index in [0.29, 0.717) is 17.3 Å². The first-order chi connectivity index (χ1) is 7.31. The number of nitrogens with zero attached hydrogens (tertiary/aromatic N) is 1. The summed E-state index contributed by atoms with van der Waals surface area (Å²) in [5.74, 6) is 0. The molecule has 3 N–H and O–H groups in total. The van der Waals surface area contributed by atoms with Crippen LogP contribution in [0.4, 0.5) is 11.4 Å². The van der Waals surface area contributed by atoms with Crippen molar-refractivity contribution in [3.8, 4) is 0 Å². The molecule has 1 aromatic rings. The van der Waals surface area contributed by atoms with E-state index in [-0.39, 0.29) is 5.69 Å². The maximum atomic E-state index is 10.8. The molecule has 0 atom stereocenters. The minimum absolute atomic E-state index is 0.0447. The summed E-state index contributed by atoms with van der Waals surface area (Å²) in [7, 11) is 0. The quantitative estimate of drug-likeness (QED) is 0.629. The predicted octanol–water partition coefficient (Wildman–Crippen LogP) is 2.40. The molecule has 16 heavy (non-hydrogen) atoms. The van der Waals surface area contributed by atoms with Gasteiger partial charge >= 0.3 is 0 Å². The highest BCUT2D eigenvalue weighted by Crippen LogP contribution is 2.31. The van der Waals surface area contributed by atoms with Gasteiger partial charge in [0.1, 0.15) is 5.69 Å². The van der Waals surface area contributed by atoms with Crippen LogP contribution in [0.25, 0.3) is 0 Å². The maximum Gasteiger partial charge on any atom is 0.293 e. The lowest BCUT2D eigenvalue weighted by Gasteiger charge is -2.20. The summed E-state index contributed by atoms with van der Waals surface area (Å²) < 4.78 is 0. The molecule has 0 aliphatic rings. The van der Waals surface area contributed by atoms with Gasteiger partial charge in [-0.05, 0) is 19.9 Å². The lowest BCUT2D eigenvalue weighted by Crippen LogP contribution is -2.39. The molecular formula is C10H14ClN3O2. The second-order valence-corrected chi connectivity index (χ2v) is 4.64. The predicted molar refractivity (Wildman–Crippen MR) is 64.9 cm³/mol. The van der Waals surface area contributed by atoms with Crippen LogP contribution in [0.1, 0.15) is 13.8 Å². The second kappa shape index (κ2) is 4.67. The number of nitrogens with two attached hydrogens (primary N) is 1. The van der Waals surface area contributed by atoms with Gasteiger partial charge in [0, 0.05) is 18.2 Å². The minimum atomic E-state index is -0.474. The number of benzene rings is 1. The Labute approximate surface area is 98.7 Å². The molecule has 0 heterocycles. The van der Waals surface area contributed by atoms with E-state index in [1.807, 2.05) is 13.8 Å². The van der Waals surface area contributed by atoms with Crippen molar-refractivity contribution in [2.24, 2.45) is 5.73 Å². The molecule has 0 aliphatic heterocycles. The van der Waals surface area contributed by atoms with Gasteiger partial charge in [0.15, 0.2) is 0 Å². The molecule has 88 valence electrons. The monoisotopic (exact) mass is 243 g/mol. The van der Waals surface area contributed by atoms with E-state index in [0.717, 1.165) is 0 Å². The van der Waals surface area contributed by atoms with Crippen molar-refractivity contribution in [2.45, 2.75) is 19.4 Å². The van der Waals surface area contributed by atoms with Crippen molar-refractivity contribution in [1.82, 2.24) is 0 Å². The van der Waals surface area contributed by atoms with Crippen LogP contribution in [0, 0.1) is 10.1 Å². The first-order valence-electron chi connectivity index (χ1n) is 4.77. The fourth-order valence-corrected chi connectivity index (χ4v) is 1.39. The zero-order valence-electron chi connectivity index (χ0n) is 9.16. The van der Waals surface area contributed by atoms with Crippen LogP contribution in [-0.2, 0) is 0 Å². The van der Waals surface area contributed by atoms with Gasteiger partial charge in [-0.1, -0.05) is 17.7 Å². The molecule has 0 fully saturated rings. The van der Waals surface area contributed by atoms with Crippen molar-refractivity contribution in [3.63, 3.8) is 0 Å². The summed E-state index contributed by atoms with van der Waals surface area (Å²) >= 11 is 5.89. The Hall–Kier alpha value is -1.33. The Morgan fingerprint density at radius 1 is 1.56 bits per heavy atom. The largest absolute Gasteiger partial charge is 0.376 e. The number of anilines is 1. The average Bonchev–Trinajstić information content (AvgIpc) is 2.13. The van der Waals surface area contributed by atoms with Gasteiger partial charge < -0.3 is 11.1 Å². The highest BCUT2D eigenvalue weighted by atomic mass is 35.5. The third-order valence-corrected chi connectivity index (χ3v) is 2.22. The van der Waals surface area contributed by atoms with Gasteiger partial charge in [0.2, 0.25) is 0 Å². The normalized spacial score (nSPS) is 11.2. The summed E-state index contributed by atoms with van der Waals surface area (Å²) in [6.07, 6.45) is 0. The second-order valence-electron chi connectivity index (χ2n) is 4.23. The summed E-state index contributed by atoms with van der Waals surface area (Å²) in [5.41, 5.74) is 5.59. The van der Waals surface area contributed by atoms with Crippen LogP contribution < -0.4 is 11.1 Å². The molecule has 1 aromatic carbocycles. The van der Waals surface area contributed by atoms with Crippen LogP contribution in [0.5, 0.6) is 0 Å². The zero-order valence-corrected chi connectivity index (χ0v) is 9.91. The molecule has 0 saturated heterocycles. The third kappa shape index (κ3) is 3.36. The van der Waals surface area contributed by atoms with Gasteiger partial charge in [0.05, 0.1) is 9.95 Å². The molecule has 5 nitrogen and oxygen atoms in total. The van der Waals surface area contributed by atoms with E-state index in [2.05, 4.69) is 5.32 Å². The SMILES string of the molecule is CC(C)(N)CNc1c(Cl)cccc1[N+](=O)[O-]. The van der Waals surface area contributed by atoms with Crippen LogP contribution in [0.2, 0.25) is 5.02 Å². The number of rotatable bonds is 4. The van der Waals surface area contributed by atoms with Crippen molar-refractivity contribution in [3.05, 3.63) is 33.3 Å². The van der Waals surface area contributed by atoms with Gasteiger partial charge in [-0.3, -0.25) is 10.1 Å². The fourth-order valence-electron chi connectivity index (χ4n) is 1.16. The number of hydrogen-bond acceptors (Lipinski definition) is 4. The van der Waals surface area contributed by atoms with Crippen LogP contribution in [0.3, 0.4) is 0 Å². The Bertz CT molecular complexity index is 402. The summed E-state index contributed by atoms with van der Waals surface area (Å²) in [5, 5.41) is 14.0. The van der Waals surface area contributed by atoms with Gasteiger partial charge in [-0.25, -0.2) is 0 Å². The van der Waals surface area contributed by atoms with E-state index in [9.17, 15) is 10.1 Å². The molecule has 0 bridgehead atoms. The lowest BCUT2D eigenvalue weighted by atomic mass is 10.1. The Balaban J connectivity index is 2.98. The standard InChI is InChI=1S/C10H14ClN3O2/c1-10(2,12)6-13-9-7(11)4-3-5-8(9)14(15)16/h3-5,13H,6,12H2,1-2H3. The smallest absolute Gasteiger partial charge is 0.293 e. The topological polar surface area (TPSA) is 81.2 Å². The van der Waals surface area contributed by atoms with E-state index in [4.69, 9.17) is 17.3 Å². The third-order valence-electron chi connectivity index (χ3n) is 1.91. The number of nitro benzene ring substituents is 1. The number of halogens is 1. The van der Waals surface area contributed by atoms with E-state index in [1.54, 1.807) is 12.1 Å². The molecule has 0 aromatic heterocycles. The van der Waals surface area contributed by atoms with Crippen LogP contribution >= 0.6 is 11.6 Å². The highest BCUT2D eigenvalue weighted by molar-refractivity contribution is 6.33. The molecule has 0 aliphatic carbocycles. The Morgan fingerprint density at radius 2 is 2.19 bits per heavy atom. The van der Waals surface area contributed by atoms with Crippen molar-refractivity contribution >= 4 is 23.0 Å². The highest BCUT2D eigenvalue weighted by Gasteiger charge is 2.18. The van der Waals surface area contributed by atoms with Gasteiger partial charge in [0.25, 0.3) is 5.69 Å². The number of nitro groups is 1. The minimum Gasteiger partial charge on any atom is -0.376 e. The molecule has 0 unspecified atom stereocenters. The summed E-state index contributed by atoms with van der Waals surface area (Å²) in [6, 6.07) is 4.54. The first kappa shape index (κ1) is 12.7. The molecule has 1 rings (SSSR count). The van der Waals surface area contributed by atoms with Crippen molar-refractivity contribution in [2.75, 3.05) is 11.9 Å². The lowest BCUT2D eigenvalue weighted by molar-refractivity contribution is -0.383. The number of para-hydroxylation sites is 1. The maximum absolute atomic E-state index is 10.8. The van der Waals surface area contributed by atoms with Crippen molar-refractivity contribution < 1.29 is 4.92 Å². The van der Waals surface area contributed by atoms with Gasteiger partial charge in [-0.2, -0.15) is 0 Å². The fraction of sp³-hybridized carbons (Fsp3) is 0.400. The summed E-state index contributed by atoms with van der Waals surface area (Å²) in [4.78, 5) is 10.3. The Kier molecular flexibility index (Phi) is 3.72. The number of nitrogens with one attached hydrogen (secondary N) is 1. The van der Waals surface area contributed by atoms with E-state index >= 15 is 0 Å². The molecule has 6 heteroatoms. The summed E-state index contributed by atoms with van der Waals surface area (Å²) in [6.45, 7) is 4.04. The van der Waals surface area contributed by atoms with E-state index in [1.165, 1.54) is 6.07 Å². The molecule has 0 radical (unpaired) electrons. The molecule has 0 saturated carbocycles. The van der Waals surface area contributed by atoms with Gasteiger partial charge in [-0.15, -0.1) is 0 Å². The molecule has 0 amide bonds. The molecule has 0 spiro atoms. The van der Waals surface area contributed by atoms with E-state index < -0.39 is 10.5 Å². The average molecular weight is 244 g/mol. The van der Waals surface area contributed by atoms with Crippen LogP contribution in [-0.4, -0.2) is 17.0 Å².